The third-order valence-corrected chi connectivity index (χ3v) is 6.10. The van der Waals surface area contributed by atoms with Crippen molar-refractivity contribution in [1.29, 1.82) is 0 Å². The first-order chi connectivity index (χ1) is 17.0. The van der Waals surface area contributed by atoms with Gasteiger partial charge in [0.2, 0.25) is 0 Å². The molecule has 1 aliphatic carbocycles. The molecule has 1 heterocycles. The Morgan fingerprint density at radius 1 is 1.09 bits per heavy atom. The van der Waals surface area contributed by atoms with Crippen molar-refractivity contribution < 1.29 is 24.2 Å². The lowest BCUT2D eigenvalue weighted by atomic mass is 9.98. The van der Waals surface area contributed by atoms with Gasteiger partial charge in [0.1, 0.15) is 12.3 Å². The van der Waals surface area contributed by atoms with Crippen molar-refractivity contribution in [3.05, 3.63) is 77.9 Å². The predicted octanol–water partition coefficient (Wildman–Crippen LogP) is 3.36. The molecule has 0 unspecified atom stereocenters. The number of carbonyl (C=O) groups excluding carboxylic acids is 2. The van der Waals surface area contributed by atoms with Crippen LogP contribution in [-0.4, -0.2) is 63.8 Å². The maximum Gasteiger partial charge on any atom is 0.407 e. The smallest absolute Gasteiger partial charge is 0.407 e. The number of carboxylic acid groups (broad SMARTS) is 1. The molecule has 9 heteroatoms. The zero-order chi connectivity index (χ0) is 24.8. The quantitative estimate of drug-likeness (QED) is 0.464. The van der Waals surface area contributed by atoms with Crippen LogP contribution in [0.25, 0.3) is 11.1 Å². The molecular weight excluding hydrogens is 448 g/mol. The number of aromatic nitrogens is 2. The van der Waals surface area contributed by atoms with Crippen molar-refractivity contribution in [3.63, 3.8) is 0 Å². The lowest BCUT2D eigenvalue weighted by Gasteiger charge is -2.18. The van der Waals surface area contributed by atoms with Crippen molar-refractivity contribution in [2.75, 3.05) is 26.2 Å². The van der Waals surface area contributed by atoms with Crippen LogP contribution in [0.15, 0.2) is 61.1 Å². The van der Waals surface area contributed by atoms with E-state index in [9.17, 15) is 14.4 Å². The monoisotopic (exact) mass is 476 g/mol. The second kappa shape index (κ2) is 10.9. The molecular formula is C26H28N4O5. The molecule has 0 saturated heterocycles. The number of ether oxygens (including phenoxy) is 1. The molecule has 0 atom stereocenters. The van der Waals surface area contributed by atoms with Gasteiger partial charge in [-0.3, -0.25) is 9.59 Å². The van der Waals surface area contributed by atoms with E-state index in [1.165, 1.54) is 22.4 Å². The molecule has 0 aliphatic heterocycles. The molecule has 0 spiro atoms. The first-order valence-electron chi connectivity index (χ1n) is 11.6. The van der Waals surface area contributed by atoms with E-state index in [1.807, 2.05) is 24.3 Å². The van der Waals surface area contributed by atoms with E-state index >= 15 is 0 Å². The van der Waals surface area contributed by atoms with Gasteiger partial charge in [0.25, 0.3) is 5.91 Å². The van der Waals surface area contributed by atoms with Crippen LogP contribution in [0.2, 0.25) is 0 Å². The average Bonchev–Trinajstić information content (AvgIpc) is 3.46. The number of rotatable bonds is 10. The number of hydrogen-bond acceptors (Lipinski definition) is 5. The Morgan fingerprint density at radius 3 is 2.37 bits per heavy atom. The highest BCUT2D eigenvalue weighted by atomic mass is 16.5. The topological polar surface area (TPSA) is 114 Å². The summed E-state index contributed by atoms with van der Waals surface area (Å²) in [6.45, 7) is 3.26. The fourth-order valence-corrected chi connectivity index (χ4v) is 4.33. The van der Waals surface area contributed by atoms with Crippen molar-refractivity contribution in [1.82, 2.24) is 19.8 Å². The molecule has 0 fully saturated rings. The Bertz CT molecular complexity index is 1180. The molecule has 182 valence electrons. The Balaban J connectivity index is 1.26. The number of carbonyl (C=O) groups is 3. The summed E-state index contributed by atoms with van der Waals surface area (Å²) in [6, 6.07) is 16.3. The summed E-state index contributed by atoms with van der Waals surface area (Å²) in [5, 5.41) is 11.6. The molecule has 1 aromatic heterocycles. The summed E-state index contributed by atoms with van der Waals surface area (Å²) in [5.74, 6) is -1.28. The van der Waals surface area contributed by atoms with Crippen molar-refractivity contribution in [2.45, 2.75) is 25.8 Å². The van der Waals surface area contributed by atoms with E-state index in [0.29, 0.717) is 19.6 Å². The summed E-state index contributed by atoms with van der Waals surface area (Å²) in [7, 11) is 0. The minimum Gasteiger partial charge on any atom is -0.481 e. The minimum atomic E-state index is -0.957. The fourth-order valence-electron chi connectivity index (χ4n) is 4.33. The van der Waals surface area contributed by atoms with Crippen LogP contribution >= 0.6 is 0 Å². The molecule has 2 amide bonds. The third kappa shape index (κ3) is 5.51. The molecule has 0 saturated carbocycles. The summed E-state index contributed by atoms with van der Waals surface area (Å²) in [5.41, 5.74) is 4.89. The number of fused-ring (bicyclic) bond motifs is 3. The molecule has 2 N–H and O–H groups in total. The van der Waals surface area contributed by atoms with E-state index in [1.54, 1.807) is 17.7 Å². The number of nitrogens with zero attached hydrogens (tertiary/aromatic N) is 3. The van der Waals surface area contributed by atoms with Crippen LogP contribution in [-0.2, 0) is 16.1 Å². The standard InChI is InChI=1S/C26H28N4O5/c1-2-30(13-11-24(31)32)25(33)23-15-29(17-28-23)14-12-27-26(34)35-16-22-20-9-5-3-7-18(20)19-8-4-6-10-21(19)22/h3-10,15,17,22H,2,11-14,16H2,1H3,(H,27,34)(H,31,32). The van der Waals surface area contributed by atoms with Gasteiger partial charge in [0, 0.05) is 38.3 Å². The Labute approximate surface area is 203 Å². The van der Waals surface area contributed by atoms with E-state index in [2.05, 4.69) is 34.6 Å². The number of benzene rings is 2. The van der Waals surface area contributed by atoms with Crippen LogP contribution in [0.5, 0.6) is 0 Å². The van der Waals surface area contributed by atoms with E-state index in [0.717, 1.165) is 11.1 Å². The first-order valence-corrected chi connectivity index (χ1v) is 11.6. The summed E-state index contributed by atoms with van der Waals surface area (Å²) < 4.78 is 7.23. The Hall–Kier alpha value is -4.14. The number of carboxylic acids is 1. The van der Waals surface area contributed by atoms with Gasteiger partial charge in [0.05, 0.1) is 12.7 Å². The summed E-state index contributed by atoms with van der Waals surface area (Å²) >= 11 is 0. The number of hydrogen-bond donors (Lipinski definition) is 2. The Morgan fingerprint density at radius 2 is 1.74 bits per heavy atom. The lowest BCUT2D eigenvalue weighted by molar-refractivity contribution is -0.137. The second-order valence-corrected chi connectivity index (χ2v) is 8.28. The molecule has 1 aliphatic rings. The number of amides is 2. The number of imidazole rings is 1. The lowest BCUT2D eigenvalue weighted by Crippen LogP contribution is -2.33. The van der Waals surface area contributed by atoms with Crippen molar-refractivity contribution in [3.8, 4) is 11.1 Å². The maximum atomic E-state index is 12.5. The van der Waals surface area contributed by atoms with Gasteiger partial charge in [-0.25, -0.2) is 9.78 Å². The van der Waals surface area contributed by atoms with Gasteiger partial charge in [-0.2, -0.15) is 0 Å². The predicted molar refractivity (Wildman–Crippen MR) is 129 cm³/mol. The van der Waals surface area contributed by atoms with Crippen LogP contribution in [0, 0.1) is 0 Å². The first kappa shape index (κ1) is 24.0. The molecule has 0 radical (unpaired) electrons. The summed E-state index contributed by atoms with van der Waals surface area (Å²) in [6.07, 6.45) is 2.47. The SMILES string of the molecule is CCN(CCC(=O)O)C(=O)c1cn(CCNC(=O)OCC2c3ccccc3-c3ccccc32)cn1. The van der Waals surface area contributed by atoms with Gasteiger partial charge >= 0.3 is 12.1 Å². The number of nitrogens with one attached hydrogen (secondary N) is 1. The zero-order valence-electron chi connectivity index (χ0n) is 19.5. The highest BCUT2D eigenvalue weighted by molar-refractivity contribution is 5.92. The van der Waals surface area contributed by atoms with Gasteiger partial charge in [-0.05, 0) is 29.2 Å². The molecule has 0 bridgehead atoms. The van der Waals surface area contributed by atoms with E-state index < -0.39 is 12.1 Å². The highest BCUT2D eigenvalue weighted by Gasteiger charge is 2.29. The van der Waals surface area contributed by atoms with Gasteiger partial charge < -0.3 is 24.6 Å². The zero-order valence-corrected chi connectivity index (χ0v) is 19.5. The van der Waals surface area contributed by atoms with Crippen molar-refractivity contribution >= 4 is 18.0 Å². The normalized spacial score (nSPS) is 12.0. The minimum absolute atomic E-state index is 0.00184. The fraction of sp³-hybridized carbons (Fsp3) is 0.308. The van der Waals surface area contributed by atoms with Gasteiger partial charge in [-0.1, -0.05) is 48.5 Å². The largest absolute Gasteiger partial charge is 0.481 e. The van der Waals surface area contributed by atoms with Crippen molar-refractivity contribution in [2.24, 2.45) is 0 Å². The number of aliphatic carboxylic acids is 1. The van der Waals surface area contributed by atoms with Crippen LogP contribution < -0.4 is 5.32 Å². The Kier molecular flexibility index (Phi) is 7.45. The van der Waals surface area contributed by atoms with Crippen LogP contribution in [0.1, 0.15) is 40.9 Å². The molecule has 3 aromatic rings. The van der Waals surface area contributed by atoms with Gasteiger partial charge in [0.15, 0.2) is 0 Å². The molecule has 9 nitrogen and oxygen atoms in total. The van der Waals surface area contributed by atoms with Crippen LogP contribution in [0.4, 0.5) is 4.79 Å². The number of alkyl carbamates (subject to hydrolysis) is 1. The average molecular weight is 477 g/mol. The molecule has 2 aromatic carbocycles. The summed E-state index contributed by atoms with van der Waals surface area (Å²) in [4.78, 5) is 41.2. The third-order valence-electron chi connectivity index (χ3n) is 6.10. The molecule has 4 rings (SSSR count). The second-order valence-electron chi connectivity index (χ2n) is 8.28. The maximum absolute atomic E-state index is 12.5. The van der Waals surface area contributed by atoms with E-state index in [-0.39, 0.29) is 37.1 Å². The van der Waals surface area contributed by atoms with Gasteiger partial charge in [-0.15, -0.1) is 0 Å². The van der Waals surface area contributed by atoms with Crippen LogP contribution in [0.3, 0.4) is 0 Å². The molecule has 35 heavy (non-hydrogen) atoms. The highest BCUT2D eigenvalue weighted by Crippen LogP contribution is 2.44. The van der Waals surface area contributed by atoms with E-state index in [4.69, 9.17) is 9.84 Å².